The van der Waals surface area contributed by atoms with Crippen molar-refractivity contribution in [1.29, 1.82) is 5.26 Å². The van der Waals surface area contributed by atoms with Gasteiger partial charge < -0.3 is 9.47 Å². The van der Waals surface area contributed by atoms with E-state index in [1.165, 1.54) is 0 Å². The summed E-state index contributed by atoms with van der Waals surface area (Å²) in [5.41, 5.74) is 2.59. The molecule has 3 nitrogen and oxygen atoms in total. The van der Waals surface area contributed by atoms with Gasteiger partial charge >= 0.3 is 0 Å². The minimum Gasteiger partial charge on any atom is -0.493 e. The van der Waals surface area contributed by atoms with Gasteiger partial charge in [0.2, 0.25) is 0 Å². The fraction of sp³-hybridized carbons (Fsp3) is 0.188. The van der Waals surface area contributed by atoms with Crippen LogP contribution in [0.25, 0.3) is 0 Å². The molecule has 0 N–H and O–H groups in total. The van der Waals surface area contributed by atoms with E-state index < -0.39 is 0 Å². The first-order chi connectivity index (χ1) is 10.2. The zero-order valence-corrected chi connectivity index (χ0v) is 13.7. The molecule has 2 rings (SSSR count). The maximum atomic E-state index is 8.77. The van der Waals surface area contributed by atoms with Gasteiger partial charge in [0.15, 0.2) is 11.5 Å². The first kappa shape index (κ1) is 15.7. The van der Waals surface area contributed by atoms with Crippen molar-refractivity contribution in [2.45, 2.75) is 11.9 Å². The molecule has 2 aromatic carbocycles. The Morgan fingerprint density at radius 3 is 2.48 bits per heavy atom. The molecule has 0 saturated carbocycles. The molecule has 0 saturated heterocycles. The largest absolute Gasteiger partial charge is 0.493 e. The first-order valence-corrected chi connectivity index (χ1v) is 7.72. The first-order valence-electron chi connectivity index (χ1n) is 6.22. The Morgan fingerprint density at radius 1 is 1.19 bits per heavy atom. The highest BCUT2D eigenvalue weighted by molar-refractivity contribution is 9.08. The van der Waals surface area contributed by atoms with Crippen molar-refractivity contribution in [3.05, 3.63) is 58.1 Å². The predicted octanol–water partition coefficient (Wildman–Crippen LogP) is 4.69. The number of halogens is 2. The molecule has 0 aliphatic rings. The minimum absolute atomic E-state index is 0.357. The van der Waals surface area contributed by atoms with Crippen LogP contribution in [0.5, 0.6) is 11.5 Å². The van der Waals surface area contributed by atoms with Gasteiger partial charge in [-0.2, -0.15) is 5.26 Å². The summed E-state index contributed by atoms with van der Waals surface area (Å²) in [5.74, 6) is 1.12. The smallest absolute Gasteiger partial charge is 0.180 e. The van der Waals surface area contributed by atoms with Crippen LogP contribution >= 0.6 is 27.5 Å². The third-order valence-corrected chi connectivity index (χ3v) is 3.84. The number of alkyl halides is 1. The Bertz CT molecular complexity index is 665. The van der Waals surface area contributed by atoms with Crippen molar-refractivity contribution in [3.63, 3.8) is 0 Å². The third kappa shape index (κ3) is 3.90. The maximum Gasteiger partial charge on any atom is 0.180 e. The van der Waals surface area contributed by atoms with E-state index in [9.17, 15) is 0 Å². The Morgan fingerprint density at radius 2 is 1.90 bits per heavy atom. The monoisotopic (exact) mass is 365 g/mol. The molecule has 0 radical (unpaired) electrons. The van der Waals surface area contributed by atoms with E-state index in [4.69, 9.17) is 26.3 Å². The van der Waals surface area contributed by atoms with Crippen molar-refractivity contribution in [2.75, 3.05) is 7.11 Å². The number of nitriles is 1. The van der Waals surface area contributed by atoms with Gasteiger partial charge in [-0.25, -0.2) is 0 Å². The summed E-state index contributed by atoms with van der Waals surface area (Å²) in [6.45, 7) is 0.357. The zero-order valence-electron chi connectivity index (χ0n) is 11.4. The number of methoxy groups -OCH3 is 1. The predicted molar refractivity (Wildman–Crippen MR) is 86.1 cm³/mol. The van der Waals surface area contributed by atoms with Gasteiger partial charge in [-0.05, 0) is 35.4 Å². The normalized spacial score (nSPS) is 10.0. The summed E-state index contributed by atoms with van der Waals surface area (Å²) >= 11 is 9.62. The molecule has 5 heteroatoms. The van der Waals surface area contributed by atoms with Crippen molar-refractivity contribution >= 4 is 27.5 Å². The molecule has 0 aliphatic carbocycles. The summed E-state index contributed by atoms with van der Waals surface area (Å²) in [5, 5.41) is 9.98. The van der Waals surface area contributed by atoms with Crippen LogP contribution in [0.15, 0.2) is 36.4 Å². The van der Waals surface area contributed by atoms with E-state index >= 15 is 0 Å². The molecule has 0 amide bonds. The van der Waals surface area contributed by atoms with E-state index in [1.807, 2.05) is 24.3 Å². The number of benzene rings is 2. The average molecular weight is 367 g/mol. The number of ether oxygens (including phenoxy) is 2. The quantitative estimate of drug-likeness (QED) is 0.721. The molecule has 0 aliphatic heterocycles. The lowest BCUT2D eigenvalue weighted by atomic mass is 10.1. The Kier molecular flexibility index (Phi) is 5.49. The number of hydrogen-bond donors (Lipinski definition) is 0. The molecular weight excluding hydrogens is 354 g/mol. The topological polar surface area (TPSA) is 42.2 Å². The molecule has 0 bridgehead atoms. The highest BCUT2D eigenvalue weighted by Gasteiger charge is 2.12. The van der Waals surface area contributed by atoms with Gasteiger partial charge in [0.1, 0.15) is 6.61 Å². The van der Waals surface area contributed by atoms with Crippen LogP contribution in [0.3, 0.4) is 0 Å². The molecule has 2 aromatic rings. The van der Waals surface area contributed by atoms with Crippen LogP contribution in [0.1, 0.15) is 16.7 Å². The molecule has 0 unspecified atom stereocenters. The molecule has 0 aromatic heterocycles. The van der Waals surface area contributed by atoms with Gasteiger partial charge in [0, 0.05) is 5.33 Å². The number of hydrogen-bond acceptors (Lipinski definition) is 3. The lowest BCUT2D eigenvalue weighted by Gasteiger charge is -2.13. The molecule has 0 fully saturated rings. The SMILES string of the molecule is COc1cc(CBr)cc(Cl)c1OCc1ccc(C#N)cc1. The standard InChI is InChI=1S/C16H13BrClNO2/c1-20-15-7-13(8-17)6-14(18)16(15)21-10-12-4-2-11(9-19)3-5-12/h2-7H,8,10H2,1H3. The van der Waals surface area contributed by atoms with E-state index in [2.05, 4.69) is 22.0 Å². The lowest BCUT2D eigenvalue weighted by molar-refractivity contribution is 0.284. The van der Waals surface area contributed by atoms with Crippen molar-refractivity contribution in [3.8, 4) is 17.6 Å². The van der Waals surface area contributed by atoms with Crippen molar-refractivity contribution in [2.24, 2.45) is 0 Å². The number of nitrogens with zero attached hydrogens (tertiary/aromatic N) is 1. The zero-order chi connectivity index (χ0) is 15.2. The second-order valence-electron chi connectivity index (χ2n) is 4.34. The molecule has 0 atom stereocenters. The van der Waals surface area contributed by atoms with Gasteiger partial charge in [-0.15, -0.1) is 0 Å². The van der Waals surface area contributed by atoms with E-state index in [0.29, 0.717) is 34.0 Å². The highest BCUT2D eigenvalue weighted by atomic mass is 79.9. The van der Waals surface area contributed by atoms with Crippen molar-refractivity contribution in [1.82, 2.24) is 0 Å². The van der Waals surface area contributed by atoms with Crippen LogP contribution in [0.4, 0.5) is 0 Å². The Balaban J connectivity index is 2.17. The van der Waals surface area contributed by atoms with E-state index in [0.717, 1.165) is 11.1 Å². The van der Waals surface area contributed by atoms with Gasteiger partial charge in [-0.3, -0.25) is 0 Å². The van der Waals surface area contributed by atoms with Crippen LogP contribution in [0, 0.1) is 11.3 Å². The van der Waals surface area contributed by atoms with Gasteiger partial charge in [0.25, 0.3) is 0 Å². The molecule has 21 heavy (non-hydrogen) atoms. The Hall–Kier alpha value is -1.70. The third-order valence-electron chi connectivity index (χ3n) is 2.91. The molecule has 108 valence electrons. The van der Waals surface area contributed by atoms with Crippen molar-refractivity contribution < 1.29 is 9.47 Å². The molecule has 0 heterocycles. The lowest BCUT2D eigenvalue weighted by Crippen LogP contribution is -1.99. The fourth-order valence-corrected chi connectivity index (χ4v) is 2.43. The van der Waals surface area contributed by atoms with E-state index in [1.54, 1.807) is 19.2 Å². The van der Waals surface area contributed by atoms with Crippen LogP contribution in [-0.4, -0.2) is 7.11 Å². The second kappa shape index (κ2) is 7.35. The molecule has 0 spiro atoms. The van der Waals surface area contributed by atoms with Crippen LogP contribution in [-0.2, 0) is 11.9 Å². The summed E-state index contributed by atoms with van der Waals surface area (Å²) < 4.78 is 11.1. The maximum absolute atomic E-state index is 8.77. The van der Waals surface area contributed by atoms with E-state index in [-0.39, 0.29) is 0 Å². The minimum atomic E-state index is 0.357. The van der Waals surface area contributed by atoms with Gasteiger partial charge in [0.05, 0.1) is 23.8 Å². The van der Waals surface area contributed by atoms with Crippen LogP contribution in [0.2, 0.25) is 5.02 Å². The fourth-order valence-electron chi connectivity index (χ4n) is 1.82. The summed E-state index contributed by atoms with van der Waals surface area (Å²) in [6.07, 6.45) is 0. The molecular formula is C16H13BrClNO2. The summed E-state index contributed by atoms with van der Waals surface area (Å²) in [4.78, 5) is 0. The second-order valence-corrected chi connectivity index (χ2v) is 5.31. The van der Waals surface area contributed by atoms with Gasteiger partial charge in [-0.1, -0.05) is 39.7 Å². The highest BCUT2D eigenvalue weighted by Crippen LogP contribution is 2.37. The Labute approximate surface area is 137 Å². The number of rotatable bonds is 5. The summed E-state index contributed by atoms with van der Waals surface area (Å²) in [7, 11) is 1.58. The average Bonchev–Trinajstić information content (AvgIpc) is 2.53. The summed E-state index contributed by atoms with van der Waals surface area (Å²) in [6, 6.07) is 13.0. The van der Waals surface area contributed by atoms with Crippen LogP contribution < -0.4 is 9.47 Å².